The van der Waals surface area contributed by atoms with Gasteiger partial charge in [0.15, 0.2) is 0 Å². The molecular weight excluding hydrogens is 227 g/mol. The van der Waals surface area contributed by atoms with E-state index in [4.69, 9.17) is 0 Å². The molecule has 1 rings (SSSR count). The van der Waals surface area contributed by atoms with Gasteiger partial charge in [-0.25, -0.2) is 4.39 Å². The second-order valence-electron chi connectivity index (χ2n) is 4.96. The fourth-order valence-electron chi connectivity index (χ4n) is 2.14. The lowest BCUT2D eigenvalue weighted by atomic mass is 10.1. The zero-order valence-corrected chi connectivity index (χ0v) is 12.0. The molecule has 0 atom stereocenters. The quantitative estimate of drug-likeness (QED) is 0.800. The van der Waals surface area contributed by atoms with Crippen molar-refractivity contribution < 1.29 is 4.39 Å². The van der Waals surface area contributed by atoms with Crippen LogP contribution < -0.4 is 10.2 Å². The van der Waals surface area contributed by atoms with E-state index < -0.39 is 0 Å². The predicted molar refractivity (Wildman–Crippen MR) is 76.5 cm³/mol. The van der Waals surface area contributed by atoms with Crippen molar-refractivity contribution in [2.24, 2.45) is 5.92 Å². The molecular formula is C15H25FN2. The summed E-state index contributed by atoms with van der Waals surface area (Å²) in [7, 11) is 0. The highest BCUT2D eigenvalue weighted by atomic mass is 19.1. The normalized spacial score (nSPS) is 11.0. The third-order valence-corrected chi connectivity index (χ3v) is 2.92. The van der Waals surface area contributed by atoms with E-state index in [-0.39, 0.29) is 5.82 Å². The van der Waals surface area contributed by atoms with Crippen molar-refractivity contribution in [3.63, 3.8) is 0 Å². The second-order valence-corrected chi connectivity index (χ2v) is 4.96. The molecule has 0 saturated carbocycles. The Hall–Kier alpha value is -1.09. The summed E-state index contributed by atoms with van der Waals surface area (Å²) in [6.07, 6.45) is 0. The lowest BCUT2D eigenvalue weighted by Gasteiger charge is -2.28. The minimum Gasteiger partial charge on any atom is -0.369 e. The van der Waals surface area contributed by atoms with Gasteiger partial charge in [0.05, 0.1) is 5.69 Å². The summed E-state index contributed by atoms with van der Waals surface area (Å²) in [6, 6.07) is 5.34. The van der Waals surface area contributed by atoms with E-state index in [1.807, 2.05) is 6.07 Å². The number of hydrogen-bond acceptors (Lipinski definition) is 2. The highest BCUT2D eigenvalue weighted by Gasteiger charge is 2.15. The van der Waals surface area contributed by atoms with Gasteiger partial charge in [0, 0.05) is 19.6 Å². The molecule has 0 fully saturated rings. The standard InChI is InChI=1S/C15H25FN2/c1-5-17-10-13-8-7-9-14(16)15(13)18(6-2)11-12(3)4/h7-9,12,17H,5-6,10-11H2,1-4H3. The van der Waals surface area contributed by atoms with Crippen molar-refractivity contribution in [1.82, 2.24) is 5.32 Å². The van der Waals surface area contributed by atoms with Crippen LogP contribution in [0, 0.1) is 11.7 Å². The van der Waals surface area contributed by atoms with Gasteiger partial charge in [-0.2, -0.15) is 0 Å². The van der Waals surface area contributed by atoms with E-state index in [1.54, 1.807) is 12.1 Å². The third kappa shape index (κ3) is 3.98. The maximum absolute atomic E-state index is 14.1. The number of anilines is 1. The van der Waals surface area contributed by atoms with E-state index in [9.17, 15) is 4.39 Å². The van der Waals surface area contributed by atoms with E-state index >= 15 is 0 Å². The zero-order valence-electron chi connectivity index (χ0n) is 12.0. The molecule has 0 aromatic heterocycles. The largest absolute Gasteiger partial charge is 0.369 e. The van der Waals surface area contributed by atoms with Crippen LogP contribution in [0.25, 0.3) is 0 Å². The van der Waals surface area contributed by atoms with Gasteiger partial charge in [-0.3, -0.25) is 0 Å². The Balaban J connectivity index is 3.02. The van der Waals surface area contributed by atoms with Crippen molar-refractivity contribution in [3.05, 3.63) is 29.6 Å². The van der Waals surface area contributed by atoms with Gasteiger partial charge >= 0.3 is 0 Å². The molecule has 0 spiro atoms. The monoisotopic (exact) mass is 252 g/mol. The highest BCUT2D eigenvalue weighted by molar-refractivity contribution is 5.55. The Morgan fingerprint density at radius 1 is 1.28 bits per heavy atom. The Labute approximate surface area is 110 Å². The molecule has 0 saturated heterocycles. The summed E-state index contributed by atoms with van der Waals surface area (Å²) < 4.78 is 14.1. The number of benzene rings is 1. The molecule has 0 aliphatic rings. The molecule has 0 unspecified atom stereocenters. The second kappa shape index (κ2) is 7.37. The summed E-state index contributed by atoms with van der Waals surface area (Å²) >= 11 is 0. The maximum atomic E-state index is 14.1. The van der Waals surface area contributed by atoms with Crippen LogP contribution in [0.1, 0.15) is 33.3 Å². The van der Waals surface area contributed by atoms with E-state index in [0.29, 0.717) is 5.92 Å². The van der Waals surface area contributed by atoms with Gasteiger partial charge in [-0.15, -0.1) is 0 Å². The number of hydrogen-bond donors (Lipinski definition) is 1. The van der Waals surface area contributed by atoms with E-state index in [2.05, 4.69) is 37.9 Å². The first-order chi connectivity index (χ1) is 8.60. The van der Waals surface area contributed by atoms with Crippen LogP contribution in [-0.2, 0) is 6.54 Å². The molecule has 0 bridgehead atoms. The first kappa shape index (κ1) is 15.0. The van der Waals surface area contributed by atoms with Crippen LogP contribution in [-0.4, -0.2) is 19.6 Å². The number of nitrogens with one attached hydrogen (secondary N) is 1. The Morgan fingerprint density at radius 2 is 2.00 bits per heavy atom. The fraction of sp³-hybridized carbons (Fsp3) is 0.600. The van der Waals surface area contributed by atoms with Gasteiger partial charge in [0.1, 0.15) is 5.82 Å². The van der Waals surface area contributed by atoms with Crippen LogP contribution >= 0.6 is 0 Å². The summed E-state index contributed by atoms with van der Waals surface area (Å²) in [5.41, 5.74) is 1.80. The van der Waals surface area contributed by atoms with Gasteiger partial charge in [0.2, 0.25) is 0 Å². The molecule has 1 N–H and O–H groups in total. The SMILES string of the molecule is CCNCc1cccc(F)c1N(CC)CC(C)C. The topological polar surface area (TPSA) is 15.3 Å². The average Bonchev–Trinajstić information content (AvgIpc) is 2.33. The molecule has 0 heterocycles. The Bertz CT molecular complexity index is 364. The molecule has 102 valence electrons. The van der Waals surface area contributed by atoms with Gasteiger partial charge in [0.25, 0.3) is 0 Å². The summed E-state index contributed by atoms with van der Waals surface area (Å²) in [5.74, 6) is 0.407. The fourth-order valence-corrected chi connectivity index (χ4v) is 2.14. The molecule has 0 radical (unpaired) electrons. The van der Waals surface area contributed by atoms with Crippen LogP contribution in [0.4, 0.5) is 10.1 Å². The van der Waals surface area contributed by atoms with Gasteiger partial charge < -0.3 is 10.2 Å². The lowest BCUT2D eigenvalue weighted by Crippen LogP contribution is -2.30. The molecule has 2 nitrogen and oxygen atoms in total. The number of halogens is 1. The number of rotatable bonds is 7. The average molecular weight is 252 g/mol. The Kier molecular flexibility index (Phi) is 6.13. The van der Waals surface area contributed by atoms with Gasteiger partial charge in [-0.1, -0.05) is 32.9 Å². The molecule has 0 amide bonds. The molecule has 0 aliphatic heterocycles. The highest BCUT2D eigenvalue weighted by Crippen LogP contribution is 2.25. The summed E-state index contributed by atoms with van der Waals surface area (Å²) in [5, 5.41) is 3.27. The Morgan fingerprint density at radius 3 is 2.56 bits per heavy atom. The van der Waals surface area contributed by atoms with Crippen molar-refractivity contribution >= 4 is 5.69 Å². The molecule has 1 aromatic carbocycles. The molecule has 18 heavy (non-hydrogen) atoms. The minimum absolute atomic E-state index is 0.118. The van der Waals surface area contributed by atoms with E-state index in [0.717, 1.165) is 37.4 Å². The van der Waals surface area contributed by atoms with E-state index in [1.165, 1.54) is 0 Å². The van der Waals surface area contributed by atoms with Crippen LogP contribution in [0.15, 0.2) is 18.2 Å². The molecule has 0 aliphatic carbocycles. The first-order valence-electron chi connectivity index (χ1n) is 6.83. The first-order valence-corrected chi connectivity index (χ1v) is 6.83. The van der Waals surface area contributed by atoms with Crippen molar-refractivity contribution in [2.45, 2.75) is 34.2 Å². The predicted octanol–water partition coefficient (Wildman–Crippen LogP) is 3.42. The van der Waals surface area contributed by atoms with Crippen LogP contribution in [0.5, 0.6) is 0 Å². The van der Waals surface area contributed by atoms with Crippen molar-refractivity contribution in [3.8, 4) is 0 Å². The maximum Gasteiger partial charge on any atom is 0.146 e. The molecule has 3 heteroatoms. The van der Waals surface area contributed by atoms with Crippen molar-refractivity contribution in [1.29, 1.82) is 0 Å². The smallest absolute Gasteiger partial charge is 0.146 e. The molecule has 1 aromatic rings. The number of nitrogens with zero attached hydrogens (tertiary/aromatic N) is 1. The zero-order chi connectivity index (χ0) is 13.5. The van der Waals surface area contributed by atoms with Crippen LogP contribution in [0.3, 0.4) is 0 Å². The third-order valence-electron chi connectivity index (χ3n) is 2.92. The lowest BCUT2D eigenvalue weighted by molar-refractivity contribution is 0.580. The van der Waals surface area contributed by atoms with Gasteiger partial charge in [-0.05, 0) is 31.0 Å². The summed E-state index contributed by atoms with van der Waals surface area (Å²) in [6.45, 7) is 11.8. The number of para-hydroxylation sites is 1. The van der Waals surface area contributed by atoms with Crippen molar-refractivity contribution in [2.75, 3.05) is 24.5 Å². The summed E-state index contributed by atoms with van der Waals surface area (Å²) in [4.78, 5) is 2.13. The van der Waals surface area contributed by atoms with Crippen LogP contribution in [0.2, 0.25) is 0 Å². The minimum atomic E-state index is -0.118.